The molecule has 0 bridgehead atoms. The molecule has 3 N–H and O–H groups in total. The maximum absolute atomic E-state index is 10.5. The standard InChI is InChI=1S/C7H8O3.H3N/c1-3-4-10-7(9)5-6(2)8;/h1H,4-5H2,2H3;1H3. The molecule has 0 radical (unpaired) electrons. The van der Waals surface area contributed by atoms with E-state index in [1.807, 2.05) is 0 Å². The van der Waals surface area contributed by atoms with Crippen LogP contribution in [0.1, 0.15) is 13.3 Å². The van der Waals surface area contributed by atoms with Crippen molar-refractivity contribution in [2.75, 3.05) is 6.61 Å². The minimum absolute atomic E-state index is 0. The lowest BCUT2D eigenvalue weighted by Gasteiger charge is -1.95. The van der Waals surface area contributed by atoms with E-state index in [0.717, 1.165) is 0 Å². The molecule has 0 unspecified atom stereocenters. The second kappa shape index (κ2) is 6.78. The zero-order valence-electron chi connectivity index (χ0n) is 6.42. The molecule has 4 heteroatoms. The van der Waals surface area contributed by atoms with Crippen LogP contribution < -0.4 is 6.15 Å². The Balaban J connectivity index is 0. The van der Waals surface area contributed by atoms with E-state index in [2.05, 4.69) is 10.7 Å². The second-order valence-electron chi connectivity index (χ2n) is 1.74. The summed E-state index contributed by atoms with van der Waals surface area (Å²) in [7, 11) is 0. The fourth-order valence-corrected chi connectivity index (χ4v) is 0.376. The quantitative estimate of drug-likeness (QED) is 0.363. The molecule has 11 heavy (non-hydrogen) atoms. The molecule has 0 amide bonds. The molecule has 0 aromatic carbocycles. The van der Waals surface area contributed by atoms with Gasteiger partial charge in [0, 0.05) is 0 Å². The lowest BCUT2D eigenvalue weighted by Crippen LogP contribution is -2.08. The minimum atomic E-state index is -0.564. The van der Waals surface area contributed by atoms with Gasteiger partial charge in [-0.15, -0.1) is 6.42 Å². The first-order valence-corrected chi connectivity index (χ1v) is 2.75. The highest BCUT2D eigenvalue weighted by Crippen LogP contribution is 1.86. The Hall–Kier alpha value is -1.34. The Kier molecular flexibility index (Phi) is 7.61. The lowest BCUT2D eigenvalue weighted by atomic mass is 10.3. The number of hydrogen-bond acceptors (Lipinski definition) is 4. The third-order valence-electron chi connectivity index (χ3n) is 0.710. The maximum Gasteiger partial charge on any atom is 0.314 e. The van der Waals surface area contributed by atoms with Crippen LogP contribution in [0.2, 0.25) is 0 Å². The van der Waals surface area contributed by atoms with E-state index < -0.39 is 5.97 Å². The van der Waals surface area contributed by atoms with Gasteiger partial charge in [0.25, 0.3) is 0 Å². The van der Waals surface area contributed by atoms with Gasteiger partial charge in [0.2, 0.25) is 0 Å². The van der Waals surface area contributed by atoms with Crippen LogP contribution in [0.15, 0.2) is 0 Å². The van der Waals surface area contributed by atoms with E-state index in [0.29, 0.717) is 0 Å². The molecule has 0 aromatic rings. The van der Waals surface area contributed by atoms with Crippen LogP contribution in [0, 0.1) is 12.3 Å². The smallest absolute Gasteiger partial charge is 0.314 e. The lowest BCUT2D eigenvalue weighted by molar-refractivity contribution is -0.144. The number of ether oxygens (including phenoxy) is 1. The molecule has 62 valence electrons. The van der Waals surface area contributed by atoms with Crippen molar-refractivity contribution in [3.8, 4) is 12.3 Å². The summed E-state index contributed by atoms with van der Waals surface area (Å²) in [5.41, 5.74) is 0. The summed E-state index contributed by atoms with van der Waals surface area (Å²) in [5, 5.41) is 0. The Morgan fingerprint density at radius 1 is 1.55 bits per heavy atom. The van der Waals surface area contributed by atoms with Crippen molar-refractivity contribution in [1.29, 1.82) is 0 Å². The van der Waals surface area contributed by atoms with Gasteiger partial charge in [-0.05, 0) is 6.92 Å². The number of ketones is 1. The van der Waals surface area contributed by atoms with Crippen LogP contribution in [0.25, 0.3) is 0 Å². The average Bonchev–Trinajstić information content (AvgIpc) is 1.82. The van der Waals surface area contributed by atoms with Gasteiger partial charge in [-0.25, -0.2) is 0 Å². The van der Waals surface area contributed by atoms with Crippen molar-refractivity contribution < 1.29 is 14.3 Å². The average molecular weight is 157 g/mol. The maximum atomic E-state index is 10.5. The van der Waals surface area contributed by atoms with Crippen molar-refractivity contribution in [3.63, 3.8) is 0 Å². The van der Waals surface area contributed by atoms with E-state index >= 15 is 0 Å². The monoisotopic (exact) mass is 157 g/mol. The number of carbonyl (C=O) groups excluding carboxylic acids is 2. The molecule has 0 aliphatic heterocycles. The summed E-state index contributed by atoms with van der Waals surface area (Å²) in [5.74, 6) is 1.33. The van der Waals surface area contributed by atoms with Crippen LogP contribution in [-0.2, 0) is 14.3 Å². The van der Waals surface area contributed by atoms with E-state index in [9.17, 15) is 9.59 Å². The summed E-state index contributed by atoms with van der Waals surface area (Å²) in [6.07, 6.45) is 4.60. The largest absolute Gasteiger partial charge is 0.452 e. The molecule has 0 saturated carbocycles. The summed E-state index contributed by atoms with van der Waals surface area (Å²) < 4.78 is 4.41. The Morgan fingerprint density at radius 3 is 2.45 bits per heavy atom. The minimum Gasteiger partial charge on any atom is -0.452 e. The highest BCUT2D eigenvalue weighted by Gasteiger charge is 2.03. The van der Waals surface area contributed by atoms with Crippen molar-refractivity contribution in [2.24, 2.45) is 0 Å². The van der Waals surface area contributed by atoms with Gasteiger partial charge < -0.3 is 10.9 Å². The van der Waals surface area contributed by atoms with Gasteiger partial charge >= 0.3 is 5.97 Å². The van der Waals surface area contributed by atoms with Crippen molar-refractivity contribution >= 4 is 11.8 Å². The predicted molar refractivity (Wildman–Crippen MR) is 40.1 cm³/mol. The SMILES string of the molecule is C#CCOC(=O)CC(C)=O.N. The number of rotatable bonds is 3. The van der Waals surface area contributed by atoms with Crippen LogP contribution in [0.4, 0.5) is 0 Å². The second-order valence-corrected chi connectivity index (χ2v) is 1.74. The predicted octanol–water partition coefficient (Wildman–Crippen LogP) is 0.304. The topological polar surface area (TPSA) is 78.4 Å². The molecule has 0 fully saturated rings. The summed E-state index contributed by atoms with van der Waals surface area (Å²) in [4.78, 5) is 20.7. The van der Waals surface area contributed by atoms with Crippen molar-refractivity contribution in [2.45, 2.75) is 13.3 Å². The van der Waals surface area contributed by atoms with Crippen molar-refractivity contribution in [1.82, 2.24) is 6.15 Å². The fraction of sp³-hybridized carbons (Fsp3) is 0.429. The van der Waals surface area contributed by atoms with Gasteiger partial charge in [0.15, 0.2) is 6.61 Å². The Bertz CT molecular complexity index is 181. The summed E-state index contributed by atoms with van der Waals surface area (Å²) in [6, 6.07) is 0. The fourth-order valence-electron chi connectivity index (χ4n) is 0.376. The summed E-state index contributed by atoms with van der Waals surface area (Å²) >= 11 is 0. The van der Waals surface area contributed by atoms with E-state index in [1.165, 1.54) is 6.92 Å². The van der Waals surface area contributed by atoms with Crippen LogP contribution in [0.3, 0.4) is 0 Å². The normalized spacial score (nSPS) is 7.27. The zero-order chi connectivity index (χ0) is 7.98. The molecule has 0 aliphatic carbocycles. The third-order valence-corrected chi connectivity index (χ3v) is 0.710. The first kappa shape index (κ1) is 12.3. The number of terminal acetylenes is 1. The molecule has 0 heterocycles. The Morgan fingerprint density at radius 2 is 2.09 bits per heavy atom. The molecular formula is C7H11NO3. The first-order chi connectivity index (χ1) is 4.66. The Labute approximate surface area is 65.5 Å². The number of esters is 1. The van der Waals surface area contributed by atoms with Crippen LogP contribution >= 0.6 is 0 Å². The highest BCUT2D eigenvalue weighted by atomic mass is 16.5. The molecule has 0 aromatic heterocycles. The highest BCUT2D eigenvalue weighted by molar-refractivity contribution is 5.94. The molecule has 0 saturated heterocycles. The first-order valence-electron chi connectivity index (χ1n) is 2.75. The van der Waals surface area contributed by atoms with Gasteiger partial charge in [0.05, 0.1) is 0 Å². The van der Waals surface area contributed by atoms with E-state index in [4.69, 9.17) is 6.42 Å². The third kappa shape index (κ3) is 8.66. The van der Waals surface area contributed by atoms with Gasteiger partial charge in [-0.3, -0.25) is 9.59 Å². The van der Waals surface area contributed by atoms with Crippen LogP contribution in [-0.4, -0.2) is 18.4 Å². The molecular weight excluding hydrogens is 146 g/mol. The zero-order valence-corrected chi connectivity index (χ0v) is 6.42. The number of Topliss-reactive ketones (excluding diaryl/α,β-unsaturated/α-hetero) is 1. The summed E-state index contributed by atoms with van der Waals surface area (Å²) in [6.45, 7) is 1.25. The number of hydrogen-bond donors (Lipinski definition) is 1. The molecule has 0 rings (SSSR count). The van der Waals surface area contributed by atoms with Crippen molar-refractivity contribution in [3.05, 3.63) is 0 Å². The van der Waals surface area contributed by atoms with Gasteiger partial charge in [-0.2, -0.15) is 0 Å². The van der Waals surface area contributed by atoms with Gasteiger partial charge in [-0.1, -0.05) is 5.92 Å². The van der Waals surface area contributed by atoms with E-state index in [-0.39, 0.29) is 25.0 Å². The van der Waals surface area contributed by atoms with E-state index in [1.54, 1.807) is 0 Å². The molecule has 0 spiro atoms. The van der Waals surface area contributed by atoms with Gasteiger partial charge in [0.1, 0.15) is 12.2 Å². The van der Waals surface area contributed by atoms with Crippen LogP contribution in [0.5, 0.6) is 0 Å². The number of carbonyl (C=O) groups is 2. The molecule has 0 aliphatic rings. The molecule has 0 atom stereocenters. The molecule has 4 nitrogen and oxygen atoms in total.